The van der Waals surface area contributed by atoms with Gasteiger partial charge in [0.2, 0.25) is 0 Å². The Kier molecular flexibility index (Phi) is 10.0. The lowest BCUT2D eigenvalue weighted by Crippen LogP contribution is -2.52. The topological polar surface area (TPSA) is 34.1 Å². The summed E-state index contributed by atoms with van der Waals surface area (Å²) < 4.78 is 0. The van der Waals surface area contributed by atoms with Crippen LogP contribution in [0.3, 0.4) is 0 Å². The molecule has 0 aromatic heterocycles. The van der Waals surface area contributed by atoms with Crippen molar-refractivity contribution in [2.45, 2.75) is 33.2 Å². The molecular weight excluding hydrogens is 461 g/mol. The van der Waals surface area contributed by atoms with Crippen molar-refractivity contribution in [1.82, 2.24) is 20.0 Å². The summed E-state index contributed by atoms with van der Waals surface area (Å²) in [6.45, 7) is 14.0. The highest BCUT2D eigenvalue weighted by Gasteiger charge is 2.21. The Labute approximate surface area is 188 Å². The average Bonchev–Trinajstić information content (AvgIpc) is 2.66. The molecule has 28 heavy (non-hydrogen) atoms. The van der Waals surface area contributed by atoms with E-state index >= 15 is 0 Å². The molecule has 0 bridgehead atoms. The number of hydrogen-bond acceptors (Lipinski definition) is 3. The fourth-order valence-corrected chi connectivity index (χ4v) is 4.25. The molecule has 0 radical (unpaired) electrons. The normalized spacial score (nSPS) is 22.0. The van der Waals surface area contributed by atoms with Crippen molar-refractivity contribution in [3.8, 4) is 0 Å². The molecule has 1 N–H and O–H groups in total. The minimum Gasteiger partial charge on any atom is -0.357 e. The number of piperidine rings is 1. The van der Waals surface area contributed by atoms with Gasteiger partial charge in [0.25, 0.3) is 0 Å². The van der Waals surface area contributed by atoms with Gasteiger partial charge in [-0.15, -0.1) is 24.0 Å². The quantitative estimate of drug-likeness (QED) is 0.384. The Morgan fingerprint density at radius 1 is 1.18 bits per heavy atom. The minimum absolute atomic E-state index is 0. The lowest BCUT2D eigenvalue weighted by Gasteiger charge is -2.37. The molecule has 5 nitrogen and oxygen atoms in total. The summed E-state index contributed by atoms with van der Waals surface area (Å²) in [7, 11) is 2.23. The summed E-state index contributed by atoms with van der Waals surface area (Å²) in [6, 6.07) is 8.88. The van der Waals surface area contributed by atoms with E-state index in [9.17, 15) is 0 Å². The third kappa shape index (κ3) is 7.19. The second-order valence-electron chi connectivity index (χ2n) is 8.22. The number of benzene rings is 1. The number of likely N-dealkylation sites (tertiary alicyclic amines) is 1. The van der Waals surface area contributed by atoms with Gasteiger partial charge in [-0.25, -0.2) is 0 Å². The third-order valence-electron chi connectivity index (χ3n) is 5.72. The highest BCUT2D eigenvalue weighted by molar-refractivity contribution is 14.0. The lowest BCUT2D eigenvalue weighted by atomic mass is 9.99. The zero-order valence-corrected chi connectivity index (χ0v) is 20.2. The number of guanidine groups is 1. The molecule has 1 aromatic carbocycles. The van der Waals surface area contributed by atoms with Gasteiger partial charge >= 0.3 is 0 Å². The first-order valence-electron chi connectivity index (χ1n) is 10.6. The van der Waals surface area contributed by atoms with Gasteiger partial charge in [-0.3, -0.25) is 9.89 Å². The van der Waals surface area contributed by atoms with E-state index in [1.54, 1.807) is 0 Å². The lowest BCUT2D eigenvalue weighted by molar-refractivity contribution is 0.171. The van der Waals surface area contributed by atoms with Crippen molar-refractivity contribution in [3.63, 3.8) is 0 Å². The molecule has 2 heterocycles. The van der Waals surface area contributed by atoms with E-state index in [2.05, 4.69) is 65.2 Å². The van der Waals surface area contributed by atoms with Gasteiger partial charge in [0.05, 0.1) is 0 Å². The first-order chi connectivity index (χ1) is 13.1. The summed E-state index contributed by atoms with van der Waals surface area (Å²) in [5, 5.41) is 3.52. The van der Waals surface area contributed by atoms with E-state index in [4.69, 9.17) is 4.99 Å². The maximum atomic E-state index is 5.00. The van der Waals surface area contributed by atoms with Crippen molar-refractivity contribution in [2.24, 2.45) is 10.9 Å². The molecular formula is C22H38IN5. The van der Waals surface area contributed by atoms with Gasteiger partial charge in [-0.2, -0.15) is 0 Å². The van der Waals surface area contributed by atoms with Gasteiger partial charge in [0.15, 0.2) is 5.96 Å². The highest BCUT2D eigenvalue weighted by atomic mass is 127. The largest absolute Gasteiger partial charge is 0.357 e. The molecule has 1 atom stereocenters. The van der Waals surface area contributed by atoms with Crippen LogP contribution in [0.25, 0.3) is 0 Å². The first-order valence-corrected chi connectivity index (χ1v) is 10.6. The van der Waals surface area contributed by atoms with Crippen molar-refractivity contribution in [2.75, 3.05) is 59.4 Å². The van der Waals surface area contributed by atoms with Crippen LogP contribution in [-0.2, 0) is 6.54 Å². The minimum atomic E-state index is 0. The zero-order valence-electron chi connectivity index (χ0n) is 17.9. The van der Waals surface area contributed by atoms with Gasteiger partial charge in [-0.05, 0) is 51.8 Å². The number of rotatable bonds is 5. The maximum absolute atomic E-state index is 5.00. The van der Waals surface area contributed by atoms with Crippen LogP contribution in [-0.4, -0.2) is 80.1 Å². The molecule has 0 saturated carbocycles. The summed E-state index contributed by atoms with van der Waals surface area (Å²) in [5.74, 6) is 1.82. The van der Waals surface area contributed by atoms with Crippen molar-refractivity contribution in [3.05, 3.63) is 35.4 Å². The zero-order chi connectivity index (χ0) is 19.1. The predicted molar refractivity (Wildman–Crippen MR) is 130 cm³/mol. The van der Waals surface area contributed by atoms with Gasteiger partial charge in [0.1, 0.15) is 0 Å². The molecule has 2 saturated heterocycles. The standard InChI is InChI=1S/C22H37N5.HI/c1-4-23-22(24-16-21-9-6-10-25(3)17-21)27-13-11-26(12-14-27)18-20-8-5-7-19(2)15-20;/h5,7-8,15,21H,4,6,9-14,16-18H2,1-3H3,(H,23,24);1H. The fourth-order valence-electron chi connectivity index (χ4n) is 4.25. The smallest absolute Gasteiger partial charge is 0.194 e. The molecule has 2 aliphatic rings. The monoisotopic (exact) mass is 499 g/mol. The van der Waals surface area contributed by atoms with Crippen LogP contribution in [0.2, 0.25) is 0 Å². The van der Waals surface area contributed by atoms with Crippen LogP contribution in [0.1, 0.15) is 30.9 Å². The van der Waals surface area contributed by atoms with Gasteiger partial charge in [0, 0.05) is 52.4 Å². The molecule has 2 aliphatic heterocycles. The Bertz CT molecular complexity index is 613. The van der Waals surface area contributed by atoms with Crippen LogP contribution in [0.4, 0.5) is 0 Å². The second-order valence-corrected chi connectivity index (χ2v) is 8.22. The van der Waals surface area contributed by atoms with Crippen LogP contribution in [0.15, 0.2) is 29.3 Å². The maximum Gasteiger partial charge on any atom is 0.194 e. The van der Waals surface area contributed by atoms with Crippen molar-refractivity contribution in [1.29, 1.82) is 0 Å². The van der Waals surface area contributed by atoms with Crippen molar-refractivity contribution >= 4 is 29.9 Å². The van der Waals surface area contributed by atoms with E-state index in [0.29, 0.717) is 5.92 Å². The molecule has 158 valence electrons. The molecule has 3 rings (SSSR count). The number of halogens is 1. The molecule has 6 heteroatoms. The first kappa shape index (κ1) is 23.4. The Balaban J connectivity index is 0.00000280. The van der Waals surface area contributed by atoms with E-state index in [1.807, 2.05) is 0 Å². The van der Waals surface area contributed by atoms with E-state index in [1.165, 1.54) is 37.1 Å². The summed E-state index contributed by atoms with van der Waals surface area (Å²) in [4.78, 5) is 12.5. The molecule has 0 aliphatic carbocycles. The summed E-state index contributed by atoms with van der Waals surface area (Å²) >= 11 is 0. The Morgan fingerprint density at radius 2 is 1.96 bits per heavy atom. The van der Waals surface area contributed by atoms with Crippen LogP contribution >= 0.6 is 24.0 Å². The summed E-state index contributed by atoms with van der Waals surface area (Å²) in [5.41, 5.74) is 2.77. The number of nitrogens with one attached hydrogen (secondary N) is 1. The van der Waals surface area contributed by atoms with Gasteiger partial charge < -0.3 is 15.1 Å². The van der Waals surface area contributed by atoms with E-state index in [0.717, 1.165) is 51.8 Å². The summed E-state index contributed by atoms with van der Waals surface area (Å²) in [6.07, 6.45) is 2.63. The molecule has 1 aromatic rings. The molecule has 1 unspecified atom stereocenters. The number of aryl methyl sites for hydroxylation is 1. The van der Waals surface area contributed by atoms with Crippen molar-refractivity contribution < 1.29 is 0 Å². The molecule has 2 fully saturated rings. The van der Waals surface area contributed by atoms with Crippen LogP contribution < -0.4 is 5.32 Å². The fraction of sp³-hybridized carbons (Fsp3) is 0.682. The third-order valence-corrected chi connectivity index (χ3v) is 5.72. The van der Waals surface area contributed by atoms with Crippen LogP contribution in [0.5, 0.6) is 0 Å². The SMILES string of the molecule is CCNC(=NCC1CCCN(C)C1)N1CCN(Cc2cccc(C)c2)CC1.I. The average molecular weight is 499 g/mol. The number of hydrogen-bond donors (Lipinski definition) is 1. The molecule has 0 amide bonds. The number of piperazine rings is 1. The predicted octanol–water partition coefficient (Wildman–Crippen LogP) is 3.04. The number of aliphatic imine (C=N–C) groups is 1. The Hall–Kier alpha value is -0.860. The second kappa shape index (κ2) is 12.0. The van der Waals surface area contributed by atoms with E-state index in [-0.39, 0.29) is 24.0 Å². The van der Waals surface area contributed by atoms with Crippen LogP contribution in [0, 0.1) is 12.8 Å². The van der Waals surface area contributed by atoms with Gasteiger partial charge in [-0.1, -0.05) is 29.8 Å². The van der Waals surface area contributed by atoms with E-state index < -0.39 is 0 Å². The molecule has 0 spiro atoms. The number of nitrogens with zero attached hydrogens (tertiary/aromatic N) is 4. The highest BCUT2D eigenvalue weighted by Crippen LogP contribution is 2.16. The Morgan fingerprint density at radius 3 is 2.64 bits per heavy atom.